The number of allylic oxidation sites excluding steroid dienone is 18. The maximum Gasteiger partial charge on any atom is 1.00 e. The highest BCUT2D eigenvalue weighted by Gasteiger charge is 2.35. The lowest BCUT2D eigenvalue weighted by Crippen LogP contribution is -2.36. The van der Waals surface area contributed by atoms with Crippen LogP contribution in [0.5, 0.6) is 0 Å². The molecular weight excluding hydrogens is 785 g/mol. The van der Waals surface area contributed by atoms with Gasteiger partial charge in [0.1, 0.15) is 0 Å². The minimum Gasteiger partial charge on any atom is -0.386 e. The zero-order valence-electron chi connectivity index (χ0n) is 47.1. The molecule has 0 heterocycles. The lowest BCUT2D eigenvalue weighted by molar-refractivity contribution is -0.0877. The van der Waals surface area contributed by atoms with E-state index in [1.165, 1.54) is 79.2 Å². The fourth-order valence-electron chi connectivity index (χ4n) is 8.53. The maximum atomic E-state index is 9.11. The van der Waals surface area contributed by atoms with Crippen molar-refractivity contribution in [1.82, 2.24) is 0 Å². The van der Waals surface area contributed by atoms with Crippen molar-refractivity contribution in [2.24, 2.45) is 0 Å². The lowest BCUT2D eigenvalue weighted by Gasteiger charge is -2.33. The van der Waals surface area contributed by atoms with E-state index in [9.17, 15) is 0 Å². The van der Waals surface area contributed by atoms with Crippen molar-refractivity contribution in [2.45, 2.75) is 219 Å². The molecule has 10 aliphatic rings. The normalized spacial score (nSPS) is 32.4. The van der Waals surface area contributed by atoms with E-state index in [-0.39, 0.29) is 23.9 Å². The van der Waals surface area contributed by atoms with Gasteiger partial charge in [0.25, 0.3) is 0 Å². The molecule has 64 heavy (non-hydrogen) atoms. The highest BCUT2D eigenvalue weighted by molar-refractivity contribution is 5.23. The summed E-state index contributed by atoms with van der Waals surface area (Å²) in [6.45, 7) is 21.0. The van der Waals surface area contributed by atoms with Crippen molar-refractivity contribution in [1.29, 1.82) is 0 Å². The summed E-state index contributed by atoms with van der Waals surface area (Å²) in [5.74, 6) is 0. The molecule has 6 atom stereocenters. The third-order valence-corrected chi connectivity index (χ3v) is 12.7. The van der Waals surface area contributed by atoms with Gasteiger partial charge < -0.3 is 19.7 Å². The monoisotopic (exact) mass is 880 g/mol. The largest absolute Gasteiger partial charge is 1.00 e. The predicted molar refractivity (Wildman–Crippen MR) is 282 cm³/mol. The van der Waals surface area contributed by atoms with Crippen LogP contribution in [-0.2, 0) is 9.47 Å². The van der Waals surface area contributed by atoms with Crippen LogP contribution in [0.1, 0.15) is 192 Å². The van der Waals surface area contributed by atoms with E-state index >= 15 is 0 Å². The molecule has 6 unspecified atom stereocenters. The van der Waals surface area contributed by atoms with E-state index in [1.807, 2.05) is 38.2 Å². The average Bonchev–Trinajstić information content (AvgIpc) is 4.05. The van der Waals surface area contributed by atoms with Gasteiger partial charge in [0, 0.05) is 26.7 Å². The van der Waals surface area contributed by atoms with Gasteiger partial charge in [-0.3, -0.25) is 0 Å². The van der Waals surface area contributed by atoms with Crippen molar-refractivity contribution in [3.8, 4) is 0 Å². The summed E-state index contributed by atoms with van der Waals surface area (Å²) in [6, 6.07) is 0. The van der Waals surface area contributed by atoms with Crippen LogP contribution in [0.25, 0.3) is 0 Å². The number of hydrogen-bond donors (Lipinski definition) is 2. The fourth-order valence-corrected chi connectivity index (χ4v) is 8.53. The minimum absolute atomic E-state index is 0. The predicted octanol–water partition coefficient (Wildman–Crippen LogP) is 16.8. The first-order valence-electron chi connectivity index (χ1n) is 24.8. The molecule has 352 valence electrons. The Morgan fingerprint density at radius 2 is 1.05 bits per heavy atom. The van der Waals surface area contributed by atoms with Crippen molar-refractivity contribution < 1.29 is 26.8 Å². The molecule has 0 saturated carbocycles. The summed E-state index contributed by atoms with van der Waals surface area (Å²) in [5, 5.41) is 18.2. The highest BCUT2D eigenvalue weighted by Crippen LogP contribution is 2.36. The second-order valence-electron chi connectivity index (χ2n) is 20.5. The average molecular weight is 880 g/mol. The van der Waals surface area contributed by atoms with Gasteiger partial charge in [0.05, 0.1) is 83.1 Å². The third kappa shape index (κ3) is 24.1. The molecule has 10 aliphatic carbocycles. The van der Waals surface area contributed by atoms with Crippen molar-refractivity contribution in [2.75, 3.05) is 0 Å². The van der Waals surface area contributed by atoms with Gasteiger partial charge in [0.2, 0.25) is 0 Å². The molecular formula is C60H95O4+7. The van der Waals surface area contributed by atoms with E-state index in [0.29, 0.717) is 6.10 Å². The molecule has 0 aliphatic heterocycles. The Morgan fingerprint density at radius 3 is 1.27 bits per heavy atom. The summed E-state index contributed by atoms with van der Waals surface area (Å²) in [7, 11) is 0. The lowest BCUT2D eigenvalue weighted by atomic mass is 10.0. The van der Waals surface area contributed by atoms with Crippen LogP contribution in [-0.4, -0.2) is 44.3 Å². The van der Waals surface area contributed by atoms with Gasteiger partial charge in [-0.2, -0.15) is 0 Å². The van der Waals surface area contributed by atoms with Gasteiger partial charge in [-0.1, -0.05) is 120 Å². The zero-order valence-corrected chi connectivity index (χ0v) is 42.1. The molecule has 4 nitrogen and oxygen atoms in total. The molecule has 0 aromatic rings. The molecule has 0 saturated heterocycles. The van der Waals surface area contributed by atoms with Crippen LogP contribution in [0.15, 0.2) is 143 Å². The minimum atomic E-state index is -0.486. The smallest absolute Gasteiger partial charge is 0.386 e. The van der Waals surface area contributed by atoms with Gasteiger partial charge in [0.15, 0.2) is 0 Å². The van der Waals surface area contributed by atoms with E-state index in [0.717, 1.165) is 64.2 Å². The number of rotatable bonds is 4. The Bertz CT molecular complexity index is 1730. The molecule has 0 bridgehead atoms. The van der Waals surface area contributed by atoms with E-state index in [1.54, 1.807) is 0 Å². The molecule has 0 amide bonds. The fraction of sp³-hybridized carbons (Fsp3) is 0.567. The number of hydrogen-bond acceptors (Lipinski definition) is 4. The molecule has 0 fully saturated rings. The standard InChI is InChI=1S/2C12H18O.2C6H10O.2C6H9.2C6H8/c1-10-5-6-11(9-10)13-12(2)7-3-4-8-12;1-11(7-3-4-8-11)13-12(2)9-5-6-10-12;2*1-6(7)4-2-3-5-6;4*1-6-4-2-3-5-6/h3,7,9,11H,4-6,8H2,1-2H3;3,5,7,9H,4,6,8,10H2,1-2H3;2*2,4,7H,3,5H2,1H3;2*2,4H,3,5H2,1H3;2,4-5H,3H2,1H3;2-4H,5H2,1H3/q;;;;2*+1;;/p+5. The summed E-state index contributed by atoms with van der Waals surface area (Å²) >= 11 is 0. The van der Waals surface area contributed by atoms with Crippen LogP contribution in [0, 0.1) is 12.8 Å². The van der Waals surface area contributed by atoms with Crippen LogP contribution >= 0.6 is 0 Å². The molecule has 0 radical (unpaired) electrons. The summed E-state index contributed by atoms with van der Waals surface area (Å²) in [5.41, 5.74) is 6.42. The van der Waals surface area contributed by atoms with Crippen LogP contribution in [0.4, 0.5) is 0 Å². The summed E-state index contributed by atoms with van der Waals surface area (Å²) in [4.78, 5) is 0. The third-order valence-electron chi connectivity index (χ3n) is 12.7. The van der Waals surface area contributed by atoms with Crippen LogP contribution < -0.4 is 0 Å². The van der Waals surface area contributed by atoms with Gasteiger partial charge in [-0.05, 0) is 145 Å². The Balaban J connectivity index is -0.000000730. The molecule has 10 rings (SSSR count). The zero-order chi connectivity index (χ0) is 47.0. The number of aliphatic hydroxyl groups is 2. The highest BCUT2D eigenvalue weighted by atomic mass is 16.5. The Labute approximate surface area is 400 Å². The SMILES string of the molecule is CC1(O)C=CCC1.CC1(O)C=CCC1.CC1(OC2(C)C=CCC2)C=CCC1.CC1=CC(OC2(C)C=CCC2)CC1.CC1=CC=CC1.CC1=CCC=C1.CC1=C[CH+]CC1.CC1=C[CH+]CC1.[H+].[H+].[H+].[H+].[H+]. The number of ether oxygens (including phenoxy) is 2. The Hall–Kier alpha value is -3.54. The van der Waals surface area contributed by atoms with Crippen molar-refractivity contribution >= 4 is 0 Å². The van der Waals surface area contributed by atoms with E-state index in [2.05, 4.69) is 159 Å². The second kappa shape index (κ2) is 27.8. The topological polar surface area (TPSA) is 58.9 Å². The summed E-state index contributed by atoms with van der Waals surface area (Å²) in [6.07, 6.45) is 66.0. The first-order valence-corrected chi connectivity index (χ1v) is 24.8. The Morgan fingerprint density at radius 1 is 0.562 bits per heavy atom. The van der Waals surface area contributed by atoms with Gasteiger partial charge in [-0.15, -0.1) is 0 Å². The maximum absolute atomic E-state index is 9.11. The molecule has 0 aromatic carbocycles. The molecule has 0 aromatic heterocycles. The van der Waals surface area contributed by atoms with Crippen LogP contribution in [0.3, 0.4) is 0 Å². The van der Waals surface area contributed by atoms with Crippen molar-refractivity contribution in [3.63, 3.8) is 0 Å². The second-order valence-corrected chi connectivity index (χ2v) is 20.5. The molecule has 0 spiro atoms. The van der Waals surface area contributed by atoms with Gasteiger partial charge in [-0.25, -0.2) is 0 Å². The quantitative estimate of drug-likeness (QED) is 0.218. The first kappa shape index (κ1) is 54.8. The van der Waals surface area contributed by atoms with E-state index in [4.69, 9.17) is 19.7 Å². The molecule has 4 heteroatoms. The summed E-state index contributed by atoms with van der Waals surface area (Å²) < 4.78 is 12.2. The van der Waals surface area contributed by atoms with E-state index < -0.39 is 11.2 Å². The van der Waals surface area contributed by atoms with Crippen molar-refractivity contribution in [3.05, 3.63) is 156 Å². The van der Waals surface area contributed by atoms with Crippen LogP contribution in [0.2, 0.25) is 0 Å². The van der Waals surface area contributed by atoms with Gasteiger partial charge >= 0.3 is 7.13 Å². The first-order chi connectivity index (χ1) is 30.3. The molecule has 2 N–H and O–H groups in total. The Kier molecular flexibility index (Phi) is 23.8.